The summed E-state index contributed by atoms with van der Waals surface area (Å²) in [6.07, 6.45) is 2.95. The number of benzene rings is 1. The minimum atomic E-state index is -0.531. The summed E-state index contributed by atoms with van der Waals surface area (Å²) in [6.45, 7) is 3.91. The molecular weight excluding hydrogens is 418 g/mol. The lowest BCUT2D eigenvalue weighted by Gasteiger charge is -2.11. The lowest BCUT2D eigenvalue weighted by molar-refractivity contribution is -0.117. The fourth-order valence-electron chi connectivity index (χ4n) is 3.13. The highest BCUT2D eigenvalue weighted by Gasteiger charge is 2.30. The number of imide groups is 1. The summed E-state index contributed by atoms with van der Waals surface area (Å²) in [6, 6.07) is 9.65. The Morgan fingerprint density at radius 2 is 2.03 bits per heavy atom. The fraction of sp³-hybridized carbons (Fsp3) is 0.333. The third-order valence-corrected chi connectivity index (χ3v) is 6.82. The van der Waals surface area contributed by atoms with Crippen LogP contribution in [0.3, 0.4) is 0 Å². The highest BCUT2D eigenvalue weighted by atomic mass is 32.2. The van der Waals surface area contributed by atoms with Crippen molar-refractivity contribution in [3.05, 3.63) is 57.5 Å². The lowest BCUT2D eigenvalue weighted by atomic mass is 10.1. The summed E-state index contributed by atoms with van der Waals surface area (Å²) in [5.41, 5.74) is 2.75. The molecule has 3 amide bonds. The second kappa shape index (κ2) is 9.01. The highest BCUT2D eigenvalue weighted by Crippen LogP contribution is 2.39. The smallest absolute Gasteiger partial charge is 0.307 e. The molecule has 2 heterocycles. The largest absolute Gasteiger partial charge is 0.325 e. The van der Waals surface area contributed by atoms with Crippen molar-refractivity contribution < 1.29 is 9.59 Å². The van der Waals surface area contributed by atoms with Crippen molar-refractivity contribution in [3.63, 3.8) is 0 Å². The van der Waals surface area contributed by atoms with Gasteiger partial charge in [0.15, 0.2) is 5.16 Å². The van der Waals surface area contributed by atoms with Crippen LogP contribution in [0.1, 0.15) is 40.7 Å². The monoisotopic (exact) mass is 441 g/mol. The molecule has 30 heavy (non-hydrogen) atoms. The van der Waals surface area contributed by atoms with Crippen LogP contribution >= 0.6 is 23.1 Å². The van der Waals surface area contributed by atoms with E-state index in [0.717, 1.165) is 41.4 Å². The van der Waals surface area contributed by atoms with Gasteiger partial charge in [-0.05, 0) is 55.3 Å². The van der Waals surface area contributed by atoms with Crippen LogP contribution in [0.5, 0.6) is 0 Å². The summed E-state index contributed by atoms with van der Waals surface area (Å²) in [4.78, 5) is 25.7. The van der Waals surface area contributed by atoms with Crippen molar-refractivity contribution >= 4 is 40.7 Å². The van der Waals surface area contributed by atoms with Crippen LogP contribution in [0.4, 0.5) is 10.5 Å². The Morgan fingerprint density at radius 1 is 1.20 bits per heavy atom. The molecule has 0 atom stereocenters. The number of urea groups is 1. The van der Waals surface area contributed by atoms with Gasteiger partial charge >= 0.3 is 6.03 Å². The maximum absolute atomic E-state index is 12.3. The summed E-state index contributed by atoms with van der Waals surface area (Å²) >= 11 is 3.01. The maximum Gasteiger partial charge on any atom is 0.325 e. The van der Waals surface area contributed by atoms with E-state index in [4.69, 9.17) is 0 Å². The highest BCUT2D eigenvalue weighted by molar-refractivity contribution is 7.99. The minimum absolute atomic E-state index is 0.101. The third kappa shape index (κ3) is 4.91. The number of thiophene rings is 1. The van der Waals surface area contributed by atoms with E-state index in [1.165, 1.54) is 16.6 Å². The molecule has 2 N–H and O–H groups in total. The Kier molecular flexibility index (Phi) is 6.19. The maximum atomic E-state index is 12.3. The predicted molar refractivity (Wildman–Crippen MR) is 119 cm³/mol. The van der Waals surface area contributed by atoms with Gasteiger partial charge in [-0.3, -0.25) is 10.1 Å². The molecule has 1 aliphatic carbocycles. The van der Waals surface area contributed by atoms with E-state index in [1.807, 2.05) is 38.1 Å². The van der Waals surface area contributed by atoms with Crippen LogP contribution in [0.2, 0.25) is 0 Å². The van der Waals surface area contributed by atoms with Crippen LogP contribution < -0.4 is 10.6 Å². The van der Waals surface area contributed by atoms with Gasteiger partial charge in [-0.1, -0.05) is 30.0 Å². The van der Waals surface area contributed by atoms with Crippen molar-refractivity contribution in [1.29, 1.82) is 0 Å². The first-order valence-electron chi connectivity index (χ1n) is 9.77. The minimum Gasteiger partial charge on any atom is -0.307 e. The SMILES string of the molecule is Cc1cccc(NC(=O)NC(=O)CSc2nnc(Cc3cccs3)n2C2CC2)c1C. The van der Waals surface area contributed by atoms with Crippen LogP contribution in [0, 0.1) is 13.8 Å². The second-order valence-corrected chi connectivity index (χ2v) is 9.27. The Balaban J connectivity index is 1.34. The molecule has 3 aromatic rings. The van der Waals surface area contributed by atoms with E-state index in [9.17, 15) is 9.59 Å². The number of nitrogens with zero attached hydrogens (tertiary/aromatic N) is 3. The van der Waals surface area contributed by atoms with Crippen LogP contribution in [-0.4, -0.2) is 32.5 Å². The lowest BCUT2D eigenvalue weighted by Crippen LogP contribution is -2.35. The van der Waals surface area contributed by atoms with Gasteiger partial charge in [0.05, 0.1) is 5.75 Å². The number of amides is 3. The normalized spacial score (nSPS) is 13.3. The first kappa shape index (κ1) is 20.6. The summed E-state index contributed by atoms with van der Waals surface area (Å²) in [5, 5.41) is 16.6. The number of rotatable bonds is 7. The predicted octanol–water partition coefficient (Wildman–Crippen LogP) is 4.32. The Bertz CT molecular complexity index is 1060. The van der Waals surface area contributed by atoms with Gasteiger partial charge in [0.25, 0.3) is 0 Å². The molecule has 4 rings (SSSR count). The van der Waals surface area contributed by atoms with Gasteiger partial charge in [0, 0.05) is 23.0 Å². The van der Waals surface area contributed by atoms with Crippen molar-refractivity contribution in [1.82, 2.24) is 20.1 Å². The van der Waals surface area contributed by atoms with Gasteiger partial charge < -0.3 is 9.88 Å². The van der Waals surface area contributed by atoms with E-state index in [0.29, 0.717) is 11.7 Å². The van der Waals surface area contributed by atoms with E-state index in [2.05, 4.69) is 36.8 Å². The molecule has 0 unspecified atom stereocenters. The quantitative estimate of drug-likeness (QED) is 0.533. The van der Waals surface area contributed by atoms with Gasteiger partial charge in [0.2, 0.25) is 5.91 Å². The van der Waals surface area contributed by atoms with E-state index < -0.39 is 6.03 Å². The van der Waals surface area contributed by atoms with E-state index in [1.54, 1.807) is 11.3 Å². The number of carbonyl (C=O) groups excluding carboxylic acids is 2. The molecular formula is C21H23N5O2S2. The molecule has 9 heteroatoms. The summed E-state index contributed by atoms with van der Waals surface area (Å²) < 4.78 is 2.15. The molecule has 0 spiro atoms. The van der Waals surface area contributed by atoms with Crippen molar-refractivity contribution in [2.75, 3.05) is 11.1 Å². The van der Waals surface area contributed by atoms with Gasteiger partial charge in [-0.15, -0.1) is 21.5 Å². The number of aromatic nitrogens is 3. The number of aryl methyl sites for hydroxylation is 1. The molecule has 0 aliphatic heterocycles. The molecule has 2 aromatic heterocycles. The second-order valence-electron chi connectivity index (χ2n) is 7.29. The zero-order valence-corrected chi connectivity index (χ0v) is 18.5. The Morgan fingerprint density at radius 3 is 2.77 bits per heavy atom. The summed E-state index contributed by atoms with van der Waals surface area (Å²) in [7, 11) is 0. The average Bonchev–Trinajstić information content (AvgIpc) is 3.26. The van der Waals surface area contributed by atoms with Gasteiger partial charge in [-0.2, -0.15) is 0 Å². The number of anilines is 1. The van der Waals surface area contributed by atoms with E-state index >= 15 is 0 Å². The van der Waals surface area contributed by atoms with Gasteiger partial charge in [0.1, 0.15) is 5.82 Å². The molecule has 0 bridgehead atoms. The fourth-order valence-corrected chi connectivity index (χ4v) is 4.65. The first-order chi connectivity index (χ1) is 14.5. The molecule has 7 nitrogen and oxygen atoms in total. The molecule has 156 valence electrons. The Labute approximate surface area is 183 Å². The average molecular weight is 442 g/mol. The number of carbonyl (C=O) groups is 2. The van der Waals surface area contributed by atoms with Crippen LogP contribution in [-0.2, 0) is 11.2 Å². The third-order valence-electron chi connectivity index (χ3n) is 5.00. The van der Waals surface area contributed by atoms with Crippen molar-refractivity contribution in [2.45, 2.75) is 44.3 Å². The van der Waals surface area contributed by atoms with E-state index in [-0.39, 0.29) is 11.7 Å². The molecule has 0 radical (unpaired) electrons. The van der Waals surface area contributed by atoms with Crippen molar-refractivity contribution in [2.24, 2.45) is 0 Å². The van der Waals surface area contributed by atoms with Gasteiger partial charge in [-0.25, -0.2) is 4.79 Å². The molecule has 1 fully saturated rings. The first-order valence-corrected chi connectivity index (χ1v) is 11.6. The summed E-state index contributed by atoms with van der Waals surface area (Å²) in [5.74, 6) is 0.660. The molecule has 1 aromatic carbocycles. The topological polar surface area (TPSA) is 88.9 Å². The van der Waals surface area contributed by atoms with Crippen LogP contribution in [0.15, 0.2) is 40.9 Å². The Hall–Kier alpha value is -2.65. The number of hydrogen-bond acceptors (Lipinski definition) is 6. The zero-order valence-electron chi connectivity index (χ0n) is 16.8. The van der Waals surface area contributed by atoms with Crippen LogP contribution in [0.25, 0.3) is 0 Å². The number of thioether (sulfide) groups is 1. The number of nitrogens with one attached hydrogen (secondary N) is 2. The zero-order chi connectivity index (χ0) is 21.1. The standard InChI is InChI=1S/C21H23N5O2S2/c1-13-5-3-7-17(14(13)2)22-20(28)23-19(27)12-30-21-25-24-18(26(21)15-8-9-15)11-16-6-4-10-29-16/h3-7,10,15H,8-9,11-12H2,1-2H3,(H2,22,23,27,28). The molecule has 1 saturated carbocycles. The van der Waals surface area contributed by atoms with Crippen molar-refractivity contribution in [3.8, 4) is 0 Å². The number of hydrogen-bond donors (Lipinski definition) is 2. The molecule has 0 saturated heterocycles. The molecule has 1 aliphatic rings.